The summed E-state index contributed by atoms with van der Waals surface area (Å²) < 4.78 is 45.7. The number of nitrogens with one attached hydrogen (secondary N) is 2. The molecule has 1 aromatic heterocycles. The van der Waals surface area contributed by atoms with Crippen molar-refractivity contribution < 1.29 is 27.5 Å². The molecule has 11 heteroatoms. The Kier molecular flexibility index (Phi) is 7.98. The number of aromatic nitrogens is 1. The van der Waals surface area contributed by atoms with E-state index in [0.717, 1.165) is 55.6 Å². The van der Waals surface area contributed by atoms with Gasteiger partial charge in [-0.05, 0) is 85.9 Å². The smallest absolute Gasteiger partial charge is 0.416 e. The number of pyridine rings is 1. The second kappa shape index (κ2) is 12.1. The molecule has 1 unspecified atom stereocenters. The molecule has 3 aromatic rings. The standard InChI is InChI=1S/C36H36F3N5O3/c1-35-17-18-43(22-35)31-16-15-30(24-7-6-8-25(19-24)36(37,38)39)42-32(31)44(35)33(45)41-26-13-11-23(12-14-26)20-40-34(46)47-21-29-27-9-4-2-3-5-10-28(27)29/h6-8,11-16,19,27-29H,4-5,9-10,17-18,20-22H2,1H3,(H,40,46)(H,41,45)/t27-,28+,29?,35-/m0/s1. The molecular formula is C36H36F3N5O3. The summed E-state index contributed by atoms with van der Waals surface area (Å²) in [4.78, 5) is 34.8. The monoisotopic (exact) mass is 643 g/mol. The molecule has 4 atom stereocenters. The first kappa shape index (κ1) is 30.9. The van der Waals surface area contributed by atoms with E-state index in [1.165, 1.54) is 6.07 Å². The lowest BCUT2D eigenvalue weighted by Gasteiger charge is -2.42. The number of hydrogen-bond acceptors (Lipinski definition) is 5. The number of halogens is 3. The third-order valence-electron chi connectivity index (χ3n) is 9.98. The summed E-state index contributed by atoms with van der Waals surface area (Å²) in [5.74, 6) is 8.45. The zero-order chi connectivity index (χ0) is 32.8. The maximum atomic E-state index is 13.8. The topological polar surface area (TPSA) is 86.8 Å². The van der Waals surface area contributed by atoms with Crippen molar-refractivity contribution in [2.24, 2.45) is 17.8 Å². The van der Waals surface area contributed by atoms with Crippen LogP contribution in [-0.2, 0) is 17.5 Å². The van der Waals surface area contributed by atoms with Gasteiger partial charge in [0.15, 0.2) is 5.82 Å². The lowest BCUT2D eigenvalue weighted by molar-refractivity contribution is -0.137. The summed E-state index contributed by atoms with van der Waals surface area (Å²) in [6.07, 6.45) is -0.210. The Hall–Kier alpha value is -4.72. The number of carbonyl (C=O) groups is 2. The van der Waals surface area contributed by atoms with Gasteiger partial charge in [-0.15, -0.1) is 11.8 Å². The van der Waals surface area contributed by atoms with E-state index in [-0.39, 0.29) is 12.6 Å². The summed E-state index contributed by atoms with van der Waals surface area (Å²) in [6, 6.07) is 15.4. The minimum atomic E-state index is -4.48. The normalized spacial score (nSPS) is 24.1. The highest BCUT2D eigenvalue weighted by Crippen LogP contribution is 2.52. The van der Waals surface area contributed by atoms with Crippen LogP contribution in [0.4, 0.5) is 40.0 Å². The average Bonchev–Trinajstić information content (AvgIpc) is 3.56. The molecule has 0 spiro atoms. The highest BCUT2D eigenvalue weighted by atomic mass is 19.4. The van der Waals surface area contributed by atoms with Gasteiger partial charge in [-0.2, -0.15) is 13.2 Å². The van der Waals surface area contributed by atoms with E-state index in [9.17, 15) is 22.8 Å². The van der Waals surface area contributed by atoms with Gasteiger partial charge in [0.05, 0.1) is 29.1 Å². The largest absolute Gasteiger partial charge is 0.449 e. The number of anilines is 3. The van der Waals surface area contributed by atoms with Crippen LogP contribution in [0.3, 0.4) is 0 Å². The molecule has 7 rings (SSSR count). The molecule has 244 valence electrons. The molecular weight excluding hydrogens is 607 g/mol. The van der Waals surface area contributed by atoms with Crippen LogP contribution in [0.2, 0.25) is 0 Å². The predicted molar refractivity (Wildman–Crippen MR) is 173 cm³/mol. The number of benzene rings is 2. The zero-order valence-corrected chi connectivity index (χ0v) is 26.1. The summed E-state index contributed by atoms with van der Waals surface area (Å²) in [6.45, 7) is 4.07. The van der Waals surface area contributed by atoms with E-state index in [0.29, 0.717) is 60.1 Å². The van der Waals surface area contributed by atoms with Crippen LogP contribution in [0, 0.1) is 29.6 Å². The van der Waals surface area contributed by atoms with Crippen LogP contribution in [-0.4, -0.2) is 42.3 Å². The number of alkyl carbamates (subject to hydrolysis) is 1. The molecule has 4 aliphatic rings. The molecule has 47 heavy (non-hydrogen) atoms. The first-order valence-electron chi connectivity index (χ1n) is 16.1. The van der Waals surface area contributed by atoms with Crippen molar-refractivity contribution in [1.82, 2.24) is 10.3 Å². The number of hydrogen-bond donors (Lipinski definition) is 2. The van der Waals surface area contributed by atoms with Crippen molar-refractivity contribution in [1.29, 1.82) is 0 Å². The molecule has 1 saturated heterocycles. The number of ether oxygens (including phenoxy) is 1. The highest BCUT2D eigenvalue weighted by Gasteiger charge is 2.50. The van der Waals surface area contributed by atoms with Crippen LogP contribution in [0.5, 0.6) is 0 Å². The van der Waals surface area contributed by atoms with E-state index in [2.05, 4.69) is 27.4 Å². The van der Waals surface area contributed by atoms with E-state index in [4.69, 9.17) is 9.72 Å². The van der Waals surface area contributed by atoms with Crippen LogP contribution >= 0.6 is 0 Å². The van der Waals surface area contributed by atoms with Gasteiger partial charge >= 0.3 is 18.3 Å². The van der Waals surface area contributed by atoms with E-state index in [1.807, 2.05) is 25.1 Å². The third kappa shape index (κ3) is 6.33. The Bertz CT molecular complexity index is 1730. The Labute approximate surface area is 271 Å². The first-order valence-corrected chi connectivity index (χ1v) is 16.1. The zero-order valence-electron chi connectivity index (χ0n) is 26.1. The number of alkyl halides is 3. The average molecular weight is 644 g/mol. The molecule has 3 heterocycles. The third-order valence-corrected chi connectivity index (χ3v) is 9.98. The molecule has 8 nitrogen and oxygen atoms in total. The van der Waals surface area contributed by atoms with Gasteiger partial charge in [-0.3, -0.25) is 4.90 Å². The maximum Gasteiger partial charge on any atom is 0.416 e. The van der Waals surface area contributed by atoms with Gasteiger partial charge in [0, 0.05) is 43.7 Å². The fourth-order valence-corrected chi connectivity index (χ4v) is 7.36. The van der Waals surface area contributed by atoms with Gasteiger partial charge in [0.2, 0.25) is 0 Å². The van der Waals surface area contributed by atoms with Gasteiger partial charge < -0.3 is 20.3 Å². The summed E-state index contributed by atoms with van der Waals surface area (Å²) in [5, 5.41) is 5.78. The minimum absolute atomic E-state index is 0.286. The lowest BCUT2D eigenvalue weighted by atomic mass is 9.97. The van der Waals surface area contributed by atoms with Crippen LogP contribution in [0.25, 0.3) is 11.3 Å². The number of urea groups is 1. The molecule has 2 aliphatic heterocycles. The fourth-order valence-electron chi connectivity index (χ4n) is 7.36. The molecule has 2 aromatic carbocycles. The highest BCUT2D eigenvalue weighted by molar-refractivity contribution is 6.05. The summed E-state index contributed by atoms with van der Waals surface area (Å²) in [7, 11) is 0. The molecule has 2 aliphatic carbocycles. The van der Waals surface area contributed by atoms with Crippen molar-refractivity contribution >= 4 is 29.3 Å². The van der Waals surface area contributed by atoms with Gasteiger partial charge in [-0.1, -0.05) is 24.3 Å². The van der Waals surface area contributed by atoms with E-state index in [1.54, 1.807) is 29.2 Å². The summed E-state index contributed by atoms with van der Waals surface area (Å²) >= 11 is 0. The Morgan fingerprint density at radius 1 is 1.04 bits per heavy atom. The molecule has 2 fully saturated rings. The van der Waals surface area contributed by atoms with Gasteiger partial charge in [0.1, 0.15) is 0 Å². The van der Waals surface area contributed by atoms with Crippen LogP contribution in [0.1, 0.15) is 50.2 Å². The van der Waals surface area contributed by atoms with Crippen LogP contribution < -0.4 is 20.4 Å². The molecule has 2 N–H and O–H groups in total. The number of amides is 3. The first-order chi connectivity index (χ1) is 22.6. The van der Waals surface area contributed by atoms with Crippen molar-refractivity contribution in [2.45, 2.75) is 57.3 Å². The molecule has 1 saturated carbocycles. The van der Waals surface area contributed by atoms with Gasteiger partial charge in [0.25, 0.3) is 0 Å². The Balaban J connectivity index is 0.993. The van der Waals surface area contributed by atoms with E-state index < -0.39 is 23.4 Å². The Morgan fingerprint density at radius 3 is 2.51 bits per heavy atom. The second-order valence-corrected chi connectivity index (χ2v) is 13.1. The summed E-state index contributed by atoms with van der Waals surface area (Å²) in [5.41, 5.74) is 1.54. The number of fused-ring (bicyclic) bond motifs is 5. The quantitative estimate of drug-likeness (QED) is 0.273. The van der Waals surface area contributed by atoms with Crippen molar-refractivity contribution in [3.63, 3.8) is 0 Å². The van der Waals surface area contributed by atoms with Gasteiger partial charge in [-0.25, -0.2) is 14.6 Å². The molecule has 2 bridgehead atoms. The lowest BCUT2D eigenvalue weighted by Crippen LogP contribution is -2.56. The van der Waals surface area contributed by atoms with Crippen molar-refractivity contribution in [3.05, 3.63) is 71.8 Å². The van der Waals surface area contributed by atoms with Crippen molar-refractivity contribution in [2.75, 3.05) is 34.8 Å². The second-order valence-electron chi connectivity index (χ2n) is 13.1. The number of carbonyl (C=O) groups excluding carboxylic acids is 2. The fraction of sp³-hybridized carbons (Fsp3) is 0.417. The van der Waals surface area contributed by atoms with E-state index >= 15 is 0 Å². The SMILES string of the molecule is C[C@]12CCN(C1)c1ccc(-c3cccc(C(F)(F)F)c3)nc1N2C(=O)Nc1ccc(CNC(=O)OCC2[C@H]3CCC#CCC[C@@H]23)cc1. The van der Waals surface area contributed by atoms with Crippen LogP contribution in [0.15, 0.2) is 60.7 Å². The maximum absolute atomic E-state index is 13.8. The molecule has 3 amide bonds. The predicted octanol–water partition coefficient (Wildman–Crippen LogP) is 7.45. The molecule has 0 radical (unpaired) electrons. The minimum Gasteiger partial charge on any atom is -0.449 e. The Morgan fingerprint density at radius 2 is 1.79 bits per heavy atom. The number of nitrogens with zero attached hydrogens (tertiary/aromatic N) is 3. The number of rotatable bonds is 6. The van der Waals surface area contributed by atoms with Crippen molar-refractivity contribution in [3.8, 4) is 23.1 Å².